The van der Waals surface area contributed by atoms with Crippen molar-refractivity contribution in [2.24, 2.45) is 0 Å². The smallest absolute Gasteiger partial charge is 0.131 e. The molecule has 0 radical (unpaired) electrons. The van der Waals surface area contributed by atoms with E-state index < -0.39 is 0 Å². The van der Waals surface area contributed by atoms with E-state index in [1.165, 1.54) is 37.3 Å². The monoisotopic (exact) mass is 354 g/mol. The summed E-state index contributed by atoms with van der Waals surface area (Å²) in [5, 5.41) is 0. The molecule has 1 saturated heterocycles. The molecule has 0 saturated carbocycles. The van der Waals surface area contributed by atoms with Crippen LogP contribution in [0.4, 0.5) is 0 Å². The molecule has 3 rings (SSSR count). The normalized spacial score (nSPS) is 20.2. The highest BCUT2D eigenvalue weighted by atomic mass is 16.5. The van der Waals surface area contributed by atoms with Crippen molar-refractivity contribution in [2.75, 3.05) is 46.9 Å². The first-order valence-corrected chi connectivity index (χ1v) is 9.38. The summed E-state index contributed by atoms with van der Waals surface area (Å²) in [6.45, 7) is 6.95. The summed E-state index contributed by atoms with van der Waals surface area (Å²) in [6.07, 6.45) is 4.54. The van der Waals surface area contributed by atoms with Crippen molar-refractivity contribution in [3.8, 4) is 11.5 Å². The summed E-state index contributed by atoms with van der Waals surface area (Å²) in [7, 11) is 3.42. The van der Waals surface area contributed by atoms with Crippen LogP contribution in [0.2, 0.25) is 0 Å². The molecule has 4 nitrogen and oxygen atoms in total. The Labute approximate surface area is 156 Å². The van der Waals surface area contributed by atoms with Gasteiger partial charge in [0.05, 0.1) is 20.8 Å². The van der Waals surface area contributed by atoms with Crippen LogP contribution in [0, 0.1) is 0 Å². The van der Waals surface area contributed by atoms with Crippen molar-refractivity contribution in [1.29, 1.82) is 0 Å². The Kier molecular flexibility index (Phi) is 6.69. The highest BCUT2D eigenvalue weighted by Crippen LogP contribution is 2.23. The average molecular weight is 354 g/mol. The molecule has 1 aliphatic heterocycles. The summed E-state index contributed by atoms with van der Waals surface area (Å²) in [5.41, 5.74) is 2.54. The zero-order valence-corrected chi connectivity index (χ0v) is 15.8. The highest BCUT2D eigenvalue weighted by molar-refractivity contribution is 5.48. The van der Waals surface area contributed by atoms with E-state index in [1.54, 1.807) is 24.0 Å². The standard InChI is InChI=1S/C22H28N2O2/c1-25-21-11-10-20(22(17-21)26-2)18-24-15-13-23(14-16-24)12-6-9-19-7-4-3-5-8-19/h3-11,17H,12-16,18H2,1-2H3/p+2/b9-6+. The van der Waals surface area contributed by atoms with Gasteiger partial charge in [-0.25, -0.2) is 0 Å². The van der Waals surface area contributed by atoms with E-state index >= 15 is 0 Å². The van der Waals surface area contributed by atoms with Crippen LogP contribution in [0.15, 0.2) is 54.6 Å². The molecule has 26 heavy (non-hydrogen) atoms. The molecule has 1 aliphatic rings. The van der Waals surface area contributed by atoms with Crippen molar-refractivity contribution in [3.05, 3.63) is 65.7 Å². The number of piperazine rings is 1. The number of hydrogen-bond acceptors (Lipinski definition) is 2. The molecule has 2 N–H and O–H groups in total. The molecule has 0 bridgehead atoms. The van der Waals surface area contributed by atoms with Crippen molar-refractivity contribution in [1.82, 2.24) is 0 Å². The van der Waals surface area contributed by atoms with E-state index in [0.717, 1.165) is 24.6 Å². The van der Waals surface area contributed by atoms with Gasteiger partial charge >= 0.3 is 0 Å². The van der Waals surface area contributed by atoms with E-state index in [9.17, 15) is 0 Å². The third-order valence-corrected chi connectivity index (χ3v) is 5.12. The number of nitrogens with one attached hydrogen (secondary N) is 2. The average Bonchev–Trinajstić information content (AvgIpc) is 2.70. The number of methoxy groups -OCH3 is 2. The molecular formula is C22H30N2O2+2. The van der Waals surface area contributed by atoms with Gasteiger partial charge in [-0.1, -0.05) is 36.4 Å². The second-order valence-corrected chi connectivity index (χ2v) is 6.87. The molecule has 0 aromatic heterocycles. The van der Waals surface area contributed by atoms with E-state index in [-0.39, 0.29) is 0 Å². The Morgan fingerprint density at radius 2 is 1.62 bits per heavy atom. The van der Waals surface area contributed by atoms with Gasteiger partial charge in [0.1, 0.15) is 44.2 Å². The minimum Gasteiger partial charge on any atom is -0.497 e. The maximum absolute atomic E-state index is 5.54. The lowest BCUT2D eigenvalue weighted by Crippen LogP contribution is -3.27. The lowest BCUT2D eigenvalue weighted by molar-refractivity contribution is -1.02. The van der Waals surface area contributed by atoms with Crippen LogP contribution in [-0.4, -0.2) is 46.9 Å². The molecule has 0 spiro atoms. The van der Waals surface area contributed by atoms with Crippen LogP contribution in [0.5, 0.6) is 11.5 Å². The fourth-order valence-corrected chi connectivity index (χ4v) is 3.53. The Morgan fingerprint density at radius 1 is 0.885 bits per heavy atom. The van der Waals surface area contributed by atoms with Crippen LogP contribution >= 0.6 is 0 Å². The van der Waals surface area contributed by atoms with Gasteiger partial charge < -0.3 is 19.3 Å². The molecule has 1 fully saturated rings. The van der Waals surface area contributed by atoms with Gasteiger partial charge in [0.2, 0.25) is 0 Å². The number of benzene rings is 2. The van der Waals surface area contributed by atoms with Crippen molar-refractivity contribution in [3.63, 3.8) is 0 Å². The van der Waals surface area contributed by atoms with Crippen molar-refractivity contribution < 1.29 is 19.3 Å². The lowest BCUT2D eigenvalue weighted by Gasteiger charge is -2.29. The second-order valence-electron chi connectivity index (χ2n) is 6.87. The van der Waals surface area contributed by atoms with Gasteiger partial charge in [0.15, 0.2) is 0 Å². The van der Waals surface area contributed by atoms with Crippen LogP contribution in [0.1, 0.15) is 11.1 Å². The first-order valence-electron chi connectivity index (χ1n) is 9.38. The molecule has 1 heterocycles. The summed E-state index contributed by atoms with van der Waals surface area (Å²) in [6, 6.07) is 16.7. The molecule has 2 aromatic carbocycles. The van der Waals surface area contributed by atoms with Crippen LogP contribution in [0.3, 0.4) is 0 Å². The third kappa shape index (κ3) is 5.10. The summed E-state index contributed by atoms with van der Waals surface area (Å²) in [5.74, 6) is 1.78. The SMILES string of the molecule is COc1ccc(C[NH+]2CC[NH+](C/C=C/c3ccccc3)CC2)c(OC)c1. The fraction of sp³-hybridized carbons (Fsp3) is 0.364. The molecule has 4 heteroatoms. The van der Waals surface area contributed by atoms with Crippen LogP contribution < -0.4 is 19.3 Å². The maximum atomic E-state index is 5.54. The first-order chi connectivity index (χ1) is 12.8. The van der Waals surface area contributed by atoms with E-state index in [1.807, 2.05) is 12.1 Å². The predicted molar refractivity (Wildman–Crippen MR) is 105 cm³/mol. The summed E-state index contributed by atoms with van der Waals surface area (Å²) in [4.78, 5) is 3.30. The largest absolute Gasteiger partial charge is 0.497 e. The molecule has 0 atom stereocenters. The number of rotatable bonds is 7. The van der Waals surface area contributed by atoms with Gasteiger partial charge in [0, 0.05) is 11.6 Å². The Morgan fingerprint density at radius 3 is 2.31 bits per heavy atom. The predicted octanol–water partition coefficient (Wildman–Crippen LogP) is 0.701. The minimum atomic E-state index is 0.847. The van der Waals surface area contributed by atoms with Gasteiger partial charge in [0.25, 0.3) is 0 Å². The Balaban J connectivity index is 1.47. The van der Waals surface area contributed by atoms with Gasteiger partial charge in [-0.05, 0) is 23.8 Å². The Bertz CT molecular complexity index is 707. The number of hydrogen-bond donors (Lipinski definition) is 2. The first kappa shape index (κ1) is 18.5. The molecule has 0 amide bonds. The van der Waals surface area contributed by atoms with E-state index in [0.29, 0.717) is 0 Å². The zero-order valence-electron chi connectivity index (χ0n) is 15.8. The molecular weight excluding hydrogens is 324 g/mol. The molecule has 0 unspecified atom stereocenters. The zero-order chi connectivity index (χ0) is 18.2. The third-order valence-electron chi connectivity index (χ3n) is 5.12. The second kappa shape index (κ2) is 9.41. The number of ether oxygens (including phenoxy) is 2. The lowest BCUT2D eigenvalue weighted by atomic mass is 10.1. The quantitative estimate of drug-likeness (QED) is 0.766. The molecule has 2 aromatic rings. The van der Waals surface area contributed by atoms with Crippen LogP contribution in [-0.2, 0) is 6.54 Å². The topological polar surface area (TPSA) is 27.3 Å². The van der Waals surface area contributed by atoms with E-state index in [2.05, 4.69) is 48.6 Å². The van der Waals surface area contributed by atoms with Crippen LogP contribution in [0.25, 0.3) is 6.08 Å². The van der Waals surface area contributed by atoms with Gasteiger partial charge in [-0.2, -0.15) is 0 Å². The highest BCUT2D eigenvalue weighted by Gasteiger charge is 2.23. The fourth-order valence-electron chi connectivity index (χ4n) is 3.53. The Hall–Kier alpha value is -2.30. The molecule has 0 aliphatic carbocycles. The van der Waals surface area contributed by atoms with Gasteiger partial charge in [-0.3, -0.25) is 0 Å². The summed E-state index contributed by atoms with van der Waals surface area (Å²) < 4.78 is 10.8. The number of quaternary nitrogens is 2. The van der Waals surface area contributed by atoms with Gasteiger partial charge in [-0.15, -0.1) is 0 Å². The molecule has 138 valence electrons. The van der Waals surface area contributed by atoms with Crippen molar-refractivity contribution >= 4 is 6.08 Å². The summed E-state index contributed by atoms with van der Waals surface area (Å²) >= 11 is 0. The minimum absolute atomic E-state index is 0.847. The van der Waals surface area contributed by atoms with Crippen molar-refractivity contribution in [2.45, 2.75) is 6.54 Å². The van der Waals surface area contributed by atoms with E-state index in [4.69, 9.17) is 9.47 Å². The maximum Gasteiger partial charge on any atom is 0.131 e.